The molecule has 100 valence electrons. The molecule has 0 aliphatic rings. The van der Waals surface area contributed by atoms with Crippen molar-refractivity contribution in [3.63, 3.8) is 0 Å². The Morgan fingerprint density at radius 3 is 2.67 bits per heavy atom. The lowest BCUT2D eigenvalue weighted by atomic mass is 10.1. The normalized spacial score (nSPS) is 12.7. The van der Waals surface area contributed by atoms with Crippen LogP contribution < -0.4 is 0 Å². The SMILES string of the molecule is CN(CCC(=O)O)CC(Cl)c1ccc(Cl)cc1Cl. The molecule has 1 N–H and O–H groups in total. The van der Waals surface area contributed by atoms with Crippen molar-refractivity contribution in [1.82, 2.24) is 4.90 Å². The molecule has 0 amide bonds. The highest BCUT2D eigenvalue weighted by Crippen LogP contribution is 2.30. The van der Waals surface area contributed by atoms with Gasteiger partial charge in [0.2, 0.25) is 0 Å². The minimum atomic E-state index is -0.822. The van der Waals surface area contributed by atoms with E-state index in [9.17, 15) is 4.79 Å². The molecule has 0 heterocycles. The minimum absolute atomic E-state index is 0.0917. The van der Waals surface area contributed by atoms with Gasteiger partial charge in [0.15, 0.2) is 0 Å². The zero-order valence-electron chi connectivity index (χ0n) is 9.87. The molecule has 0 saturated heterocycles. The van der Waals surface area contributed by atoms with E-state index in [4.69, 9.17) is 39.9 Å². The molecular formula is C12H14Cl3NO2. The fourth-order valence-corrected chi connectivity index (χ4v) is 2.53. The highest BCUT2D eigenvalue weighted by atomic mass is 35.5. The molecule has 1 unspecified atom stereocenters. The van der Waals surface area contributed by atoms with Gasteiger partial charge < -0.3 is 10.0 Å². The maximum Gasteiger partial charge on any atom is 0.304 e. The lowest BCUT2D eigenvalue weighted by Crippen LogP contribution is -2.25. The Hall–Kier alpha value is -0.480. The number of benzene rings is 1. The number of carboxylic acids is 1. The van der Waals surface area contributed by atoms with E-state index in [1.165, 1.54) is 0 Å². The van der Waals surface area contributed by atoms with E-state index in [0.29, 0.717) is 23.1 Å². The molecule has 0 aliphatic heterocycles. The van der Waals surface area contributed by atoms with Crippen molar-refractivity contribution in [3.05, 3.63) is 33.8 Å². The van der Waals surface area contributed by atoms with E-state index >= 15 is 0 Å². The third-order valence-electron chi connectivity index (χ3n) is 2.48. The number of carboxylic acid groups (broad SMARTS) is 1. The number of hydrogen-bond acceptors (Lipinski definition) is 2. The number of halogens is 3. The molecule has 1 aromatic carbocycles. The largest absolute Gasteiger partial charge is 0.481 e. The molecule has 0 fully saturated rings. The molecule has 0 bridgehead atoms. The molecule has 3 nitrogen and oxygen atoms in total. The Kier molecular flexibility index (Phi) is 6.22. The number of hydrogen-bond donors (Lipinski definition) is 1. The van der Waals surface area contributed by atoms with E-state index in [1.807, 2.05) is 11.9 Å². The highest BCUT2D eigenvalue weighted by molar-refractivity contribution is 6.35. The monoisotopic (exact) mass is 309 g/mol. The first kappa shape index (κ1) is 15.6. The molecule has 0 radical (unpaired) electrons. The average molecular weight is 311 g/mol. The Balaban J connectivity index is 2.59. The topological polar surface area (TPSA) is 40.5 Å². The van der Waals surface area contributed by atoms with Crippen LogP contribution in [0.25, 0.3) is 0 Å². The predicted molar refractivity (Wildman–Crippen MR) is 74.8 cm³/mol. The van der Waals surface area contributed by atoms with Crippen molar-refractivity contribution in [3.8, 4) is 0 Å². The van der Waals surface area contributed by atoms with Gasteiger partial charge in [-0.15, -0.1) is 11.6 Å². The fourth-order valence-electron chi connectivity index (χ4n) is 1.51. The highest BCUT2D eigenvalue weighted by Gasteiger charge is 2.15. The standard InChI is InChI=1S/C12H14Cl3NO2/c1-16(5-4-12(17)18)7-11(15)9-3-2-8(13)6-10(9)14/h2-3,6,11H,4-5,7H2,1H3,(H,17,18). The maximum atomic E-state index is 10.5. The molecule has 0 aromatic heterocycles. The first-order valence-electron chi connectivity index (χ1n) is 5.39. The molecule has 0 saturated carbocycles. The van der Waals surface area contributed by atoms with Gasteiger partial charge in [-0.25, -0.2) is 0 Å². The second-order valence-electron chi connectivity index (χ2n) is 4.04. The summed E-state index contributed by atoms with van der Waals surface area (Å²) in [5, 5.41) is 9.38. The van der Waals surface area contributed by atoms with Crippen LogP contribution in [-0.2, 0) is 4.79 Å². The van der Waals surface area contributed by atoms with Crippen molar-refractivity contribution < 1.29 is 9.90 Å². The Bertz CT molecular complexity index is 426. The minimum Gasteiger partial charge on any atom is -0.481 e. The molecule has 1 rings (SSSR count). The third-order valence-corrected chi connectivity index (χ3v) is 3.41. The van der Waals surface area contributed by atoms with Crippen LogP contribution >= 0.6 is 34.8 Å². The van der Waals surface area contributed by atoms with Gasteiger partial charge in [0.25, 0.3) is 0 Å². The quantitative estimate of drug-likeness (QED) is 0.815. The summed E-state index contributed by atoms with van der Waals surface area (Å²) in [7, 11) is 1.82. The maximum absolute atomic E-state index is 10.5. The van der Waals surface area contributed by atoms with Crippen molar-refractivity contribution in [2.45, 2.75) is 11.8 Å². The molecule has 6 heteroatoms. The molecular weight excluding hydrogens is 296 g/mol. The third kappa shape index (κ3) is 5.02. The van der Waals surface area contributed by atoms with Gasteiger partial charge in [-0.05, 0) is 24.7 Å². The van der Waals surface area contributed by atoms with Gasteiger partial charge in [-0.3, -0.25) is 4.79 Å². The number of carbonyl (C=O) groups is 1. The van der Waals surface area contributed by atoms with Gasteiger partial charge in [-0.1, -0.05) is 29.3 Å². The molecule has 0 spiro atoms. The zero-order chi connectivity index (χ0) is 13.7. The van der Waals surface area contributed by atoms with Crippen LogP contribution in [0.15, 0.2) is 18.2 Å². The van der Waals surface area contributed by atoms with Crippen LogP contribution in [0.3, 0.4) is 0 Å². The van der Waals surface area contributed by atoms with E-state index in [-0.39, 0.29) is 11.8 Å². The van der Waals surface area contributed by atoms with Crippen LogP contribution in [0.5, 0.6) is 0 Å². The summed E-state index contributed by atoms with van der Waals surface area (Å²) in [6.45, 7) is 0.972. The van der Waals surface area contributed by atoms with Gasteiger partial charge in [-0.2, -0.15) is 0 Å². The lowest BCUT2D eigenvalue weighted by Gasteiger charge is -2.20. The second-order valence-corrected chi connectivity index (χ2v) is 5.41. The van der Waals surface area contributed by atoms with E-state index in [0.717, 1.165) is 5.56 Å². The summed E-state index contributed by atoms with van der Waals surface area (Å²) in [5.41, 5.74) is 0.796. The summed E-state index contributed by atoms with van der Waals surface area (Å²) in [5.74, 6) is -0.822. The molecule has 18 heavy (non-hydrogen) atoms. The summed E-state index contributed by atoms with van der Waals surface area (Å²) in [6.07, 6.45) is 0.0917. The zero-order valence-corrected chi connectivity index (χ0v) is 12.1. The predicted octanol–water partition coefficient (Wildman–Crippen LogP) is 3.68. The van der Waals surface area contributed by atoms with Crippen LogP contribution in [0.4, 0.5) is 0 Å². The van der Waals surface area contributed by atoms with Crippen molar-refractivity contribution in [2.75, 3.05) is 20.1 Å². The lowest BCUT2D eigenvalue weighted by molar-refractivity contribution is -0.137. The average Bonchev–Trinajstić information content (AvgIpc) is 2.26. The summed E-state index contributed by atoms with van der Waals surface area (Å²) in [6, 6.07) is 5.16. The Labute approximate surface area is 121 Å². The van der Waals surface area contributed by atoms with Crippen molar-refractivity contribution in [1.29, 1.82) is 0 Å². The first-order chi connectivity index (χ1) is 8.40. The fraction of sp³-hybridized carbons (Fsp3) is 0.417. The number of rotatable bonds is 6. The van der Waals surface area contributed by atoms with E-state index in [2.05, 4.69) is 0 Å². The molecule has 1 aromatic rings. The van der Waals surface area contributed by atoms with E-state index in [1.54, 1.807) is 18.2 Å². The number of aliphatic carboxylic acids is 1. The van der Waals surface area contributed by atoms with Crippen molar-refractivity contribution >= 4 is 40.8 Å². The smallest absolute Gasteiger partial charge is 0.304 e. The van der Waals surface area contributed by atoms with Gasteiger partial charge in [0.1, 0.15) is 0 Å². The van der Waals surface area contributed by atoms with Crippen LogP contribution in [0.1, 0.15) is 17.4 Å². The molecule has 1 atom stereocenters. The number of likely N-dealkylation sites (N-methyl/N-ethyl adjacent to an activating group) is 1. The number of alkyl halides is 1. The van der Waals surface area contributed by atoms with Gasteiger partial charge >= 0.3 is 5.97 Å². The number of nitrogens with zero attached hydrogens (tertiary/aromatic N) is 1. The summed E-state index contributed by atoms with van der Waals surface area (Å²) < 4.78 is 0. The van der Waals surface area contributed by atoms with Gasteiger partial charge in [0.05, 0.1) is 11.8 Å². The van der Waals surface area contributed by atoms with Crippen LogP contribution in [-0.4, -0.2) is 36.1 Å². The van der Waals surface area contributed by atoms with Crippen molar-refractivity contribution in [2.24, 2.45) is 0 Å². The van der Waals surface area contributed by atoms with Gasteiger partial charge in [0, 0.05) is 23.1 Å². The van der Waals surface area contributed by atoms with Crippen LogP contribution in [0.2, 0.25) is 10.0 Å². The Morgan fingerprint density at radius 1 is 1.44 bits per heavy atom. The summed E-state index contributed by atoms with van der Waals surface area (Å²) >= 11 is 18.1. The summed E-state index contributed by atoms with van der Waals surface area (Å²) in [4.78, 5) is 12.3. The second kappa shape index (κ2) is 7.19. The first-order valence-corrected chi connectivity index (χ1v) is 6.58. The Morgan fingerprint density at radius 2 is 2.11 bits per heavy atom. The molecule has 0 aliphatic carbocycles. The van der Waals surface area contributed by atoms with E-state index < -0.39 is 5.97 Å². The van der Waals surface area contributed by atoms with Crippen LogP contribution in [0, 0.1) is 0 Å².